The van der Waals surface area contributed by atoms with Crippen LogP contribution in [0.2, 0.25) is 0 Å². The average Bonchev–Trinajstić information content (AvgIpc) is 2.64. The summed E-state index contributed by atoms with van der Waals surface area (Å²) in [4.78, 5) is 11.8. The van der Waals surface area contributed by atoms with E-state index in [2.05, 4.69) is 31.2 Å². The Morgan fingerprint density at radius 1 is 0.958 bits per heavy atom. The molecule has 0 N–H and O–H groups in total. The Kier molecular flexibility index (Phi) is 7.54. The van der Waals surface area contributed by atoms with E-state index in [1.807, 2.05) is 37.3 Å². The Morgan fingerprint density at radius 2 is 1.67 bits per heavy atom. The molecule has 2 aromatic rings. The SMILES string of the molecule is CC[C@H](C)C(=O)CCCCc1ccc(OCc2ccccc2)cc1. The minimum absolute atomic E-state index is 0.214. The summed E-state index contributed by atoms with van der Waals surface area (Å²) >= 11 is 0. The van der Waals surface area contributed by atoms with Crippen molar-refractivity contribution in [1.82, 2.24) is 0 Å². The summed E-state index contributed by atoms with van der Waals surface area (Å²) in [7, 11) is 0. The Labute approximate surface area is 145 Å². The summed E-state index contributed by atoms with van der Waals surface area (Å²) in [5.41, 5.74) is 2.48. The molecule has 2 rings (SSSR count). The first-order valence-corrected chi connectivity index (χ1v) is 8.97. The lowest BCUT2D eigenvalue weighted by molar-refractivity contribution is -0.122. The summed E-state index contributed by atoms with van der Waals surface area (Å²) in [5, 5.41) is 0. The topological polar surface area (TPSA) is 26.3 Å². The first-order chi connectivity index (χ1) is 11.7. The molecule has 0 saturated carbocycles. The van der Waals surface area contributed by atoms with Crippen LogP contribution in [0.25, 0.3) is 0 Å². The predicted molar refractivity (Wildman–Crippen MR) is 99.2 cm³/mol. The number of carbonyl (C=O) groups is 1. The summed E-state index contributed by atoms with van der Waals surface area (Å²) in [6.07, 6.45) is 4.73. The van der Waals surface area contributed by atoms with E-state index < -0.39 is 0 Å². The number of ketones is 1. The maximum Gasteiger partial charge on any atom is 0.135 e. The molecule has 0 aliphatic heterocycles. The summed E-state index contributed by atoms with van der Waals surface area (Å²) in [6, 6.07) is 18.5. The number of aryl methyl sites for hydroxylation is 1. The Bertz CT molecular complexity index is 602. The fraction of sp³-hybridized carbons (Fsp3) is 0.409. The van der Waals surface area contributed by atoms with Gasteiger partial charge in [0.15, 0.2) is 0 Å². The van der Waals surface area contributed by atoms with E-state index in [0.717, 1.165) is 31.4 Å². The second-order valence-corrected chi connectivity index (χ2v) is 6.40. The molecule has 0 unspecified atom stereocenters. The zero-order valence-electron chi connectivity index (χ0n) is 14.8. The molecule has 0 amide bonds. The van der Waals surface area contributed by atoms with Crippen LogP contribution in [-0.2, 0) is 17.8 Å². The Balaban J connectivity index is 1.69. The molecule has 0 heterocycles. The Hall–Kier alpha value is -2.09. The lowest BCUT2D eigenvalue weighted by atomic mass is 9.98. The third-order valence-electron chi connectivity index (χ3n) is 4.47. The average molecular weight is 324 g/mol. The van der Waals surface area contributed by atoms with Crippen LogP contribution >= 0.6 is 0 Å². The van der Waals surface area contributed by atoms with E-state index in [9.17, 15) is 4.79 Å². The highest BCUT2D eigenvalue weighted by Gasteiger charge is 2.09. The standard InChI is InChI=1S/C22H28O2/c1-3-18(2)22(23)12-8-7-9-19-13-15-21(16-14-19)24-17-20-10-5-4-6-11-20/h4-6,10-11,13-16,18H,3,7-9,12,17H2,1-2H3/t18-/m0/s1. The van der Waals surface area contributed by atoms with Gasteiger partial charge >= 0.3 is 0 Å². The lowest BCUT2D eigenvalue weighted by Crippen LogP contribution is -2.09. The van der Waals surface area contributed by atoms with Gasteiger partial charge < -0.3 is 4.74 Å². The molecular formula is C22H28O2. The van der Waals surface area contributed by atoms with Crippen molar-refractivity contribution in [1.29, 1.82) is 0 Å². The Morgan fingerprint density at radius 3 is 2.33 bits per heavy atom. The number of rotatable bonds is 10. The molecular weight excluding hydrogens is 296 g/mol. The molecule has 0 aliphatic carbocycles. The largest absolute Gasteiger partial charge is 0.489 e. The van der Waals surface area contributed by atoms with Crippen LogP contribution in [0.5, 0.6) is 5.75 Å². The minimum atomic E-state index is 0.214. The lowest BCUT2D eigenvalue weighted by Gasteiger charge is -2.08. The molecule has 0 spiro atoms. The molecule has 0 radical (unpaired) electrons. The van der Waals surface area contributed by atoms with Crippen LogP contribution in [0.1, 0.15) is 50.7 Å². The first-order valence-electron chi connectivity index (χ1n) is 8.97. The van der Waals surface area contributed by atoms with Crippen molar-refractivity contribution in [2.75, 3.05) is 0 Å². The molecule has 24 heavy (non-hydrogen) atoms. The van der Waals surface area contributed by atoms with Crippen LogP contribution in [0.4, 0.5) is 0 Å². The minimum Gasteiger partial charge on any atom is -0.489 e. The van der Waals surface area contributed by atoms with Gasteiger partial charge in [0, 0.05) is 12.3 Å². The molecule has 0 aromatic heterocycles. The smallest absolute Gasteiger partial charge is 0.135 e. The molecule has 2 heteroatoms. The van der Waals surface area contributed by atoms with Crippen LogP contribution < -0.4 is 4.74 Å². The molecule has 0 fully saturated rings. The molecule has 0 saturated heterocycles. The highest BCUT2D eigenvalue weighted by Crippen LogP contribution is 2.16. The fourth-order valence-corrected chi connectivity index (χ4v) is 2.60. The van der Waals surface area contributed by atoms with Gasteiger partial charge in [0.2, 0.25) is 0 Å². The van der Waals surface area contributed by atoms with Crippen LogP contribution in [-0.4, -0.2) is 5.78 Å². The second-order valence-electron chi connectivity index (χ2n) is 6.40. The van der Waals surface area contributed by atoms with E-state index in [4.69, 9.17) is 4.74 Å². The van der Waals surface area contributed by atoms with Gasteiger partial charge in [-0.15, -0.1) is 0 Å². The molecule has 128 valence electrons. The number of unbranched alkanes of at least 4 members (excludes halogenated alkanes) is 1. The molecule has 1 atom stereocenters. The van der Waals surface area contributed by atoms with Gasteiger partial charge in [-0.2, -0.15) is 0 Å². The molecule has 0 aliphatic rings. The number of hydrogen-bond acceptors (Lipinski definition) is 2. The maximum absolute atomic E-state index is 11.8. The highest BCUT2D eigenvalue weighted by molar-refractivity contribution is 5.80. The predicted octanol–water partition coefficient (Wildman–Crippen LogP) is 5.59. The normalized spacial score (nSPS) is 11.9. The van der Waals surface area contributed by atoms with E-state index >= 15 is 0 Å². The fourth-order valence-electron chi connectivity index (χ4n) is 2.60. The molecule has 0 bridgehead atoms. The second kappa shape index (κ2) is 9.92. The van der Waals surface area contributed by atoms with Gasteiger partial charge in [-0.25, -0.2) is 0 Å². The van der Waals surface area contributed by atoms with Crippen molar-refractivity contribution in [3.05, 3.63) is 65.7 Å². The van der Waals surface area contributed by atoms with Crippen LogP contribution in [0.3, 0.4) is 0 Å². The van der Waals surface area contributed by atoms with Crippen molar-refractivity contribution >= 4 is 5.78 Å². The van der Waals surface area contributed by atoms with E-state index in [1.165, 1.54) is 11.1 Å². The molecule has 2 nitrogen and oxygen atoms in total. The van der Waals surface area contributed by atoms with E-state index in [0.29, 0.717) is 18.8 Å². The van der Waals surface area contributed by atoms with Gasteiger partial charge in [-0.1, -0.05) is 56.3 Å². The van der Waals surface area contributed by atoms with Crippen molar-refractivity contribution in [2.24, 2.45) is 5.92 Å². The summed E-state index contributed by atoms with van der Waals surface area (Å²) in [5.74, 6) is 1.52. The zero-order chi connectivity index (χ0) is 17.2. The summed E-state index contributed by atoms with van der Waals surface area (Å²) in [6.45, 7) is 4.69. The van der Waals surface area contributed by atoms with Crippen molar-refractivity contribution in [3.8, 4) is 5.75 Å². The van der Waals surface area contributed by atoms with Crippen molar-refractivity contribution < 1.29 is 9.53 Å². The third-order valence-corrected chi connectivity index (χ3v) is 4.47. The van der Waals surface area contributed by atoms with Crippen LogP contribution in [0, 0.1) is 5.92 Å². The first kappa shape index (κ1) is 18.3. The van der Waals surface area contributed by atoms with Crippen molar-refractivity contribution in [2.45, 2.75) is 52.6 Å². The van der Waals surface area contributed by atoms with Crippen LogP contribution in [0.15, 0.2) is 54.6 Å². The maximum atomic E-state index is 11.8. The number of hydrogen-bond donors (Lipinski definition) is 0. The number of Topliss-reactive ketones (excluding diaryl/α,β-unsaturated/α-hetero) is 1. The monoisotopic (exact) mass is 324 g/mol. The van der Waals surface area contributed by atoms with E-state index in [-0.39, 0.29) is 5.92 Å². The zero-order valence-corrected chi connectivity index (χ0v) is 14.8. The van der Waals surface area contributed by atoms with E-state index in [1.54, 1.807) is 0 Å². The highest BCUT2D eigenvalue weighted by atomic mass is 16.5. The number of benzene rings is 2. The summed E-state index contributed by atoms with van der Waals surface area (Å²) < 4.78 is 5.80. The third kappa shape index (κ3) is 6.19. The van der Waals surface area contributed by atoms with Gasteiger partial charge in [0.25, 0.3) is 0 Å². The number of carbonyl (C=O) groups excluding carboxylic acids is 1. The number of ether oxygens (including phenoxy) is 1. The van der Waals surface area contributed by atoms with Crippen molar-refractivity contribution in [3.63, 3.8) is 0 Å². The quantitative estimate of drug-likeness (QED) is 0.532. The van der Waals surface area contributed by atoms with Gasteiger partial charge in [0.1, 0.15) is 18.1 Å². The van der Waals surface area contributed by atoms with Gasteiger partial charge in [-0.05, 0) is 48.9 Å². The van der Waals surface area contributed by atoms with Gasteiger partial charge in [-0.3, -0.25) is 4.79 Å². The molecule has 2 aromatic carbocycles. The van der Waals surface area contributed by atoms with Gasteiger partial charge in [0.05, 0.1) is 0 Å².